The van der Waals surface area contributed by atoms with Crippen LogP contribution in [0.25, 0.3) is 0 Å². The largest absolute Gasteiger partial charge is 0.447 e. The molecule has 0 bridgehead atoms. The van der Waals surface area contributed by atoms with Crippen LogP contribution >= 0.6 is 0 Å². The lowest BCUT2D eigenvalue weighted by Gasteiger charge is -2.40. The molecule has 0 unspecified atom stereocenters. The van der Waals surface area contributed by atoms with Gasteiger partial charge in [-0.15, -0.1) is 0 Å². The zero-order valence-electron chi connectivity index (χ0n) is 14.3. The molecule has 0 radical (unpaired) electrons. The summed E-state index contributed by atoms with van der Waals surface area (Å²) < 4.78 is 9.80. The van der Waals surface area contributed by atoms with E-state index in [0.717, 1.165) is 19.5 Å². The number of ether oxygens (including phenoxy) is 2. The van der Waals surface area contributed by atoms with E-state index in [-0.39, 0.29) is 18.6 Å². The van der Waals surface area contributed by atoms with Crippen LogP contribution in [0.15, 0.2) is 0 Å². The van der Waals surface area contributed by atoms with Crippen molar-refractivity contribution in [1.29, 1.82) is 0 Å². The Hall–Kier alpha value is -0.850. The number of piperidine rings is 1. The van der Waals surface area contributed by atoms with Crippen molar-refractivity contribution in [3.8, 4) is 0 Å². The number of β-amino-alcohol motifs (C(OH)–C–C–N with tert-alkyl or cyclic N) is 1. The summed E-state index contributed by atoms with van der Waals surface area (Å²) in [4.78, 5) is 14.0. The van der Waals surface area contributed by atoms with Crippen LogP contribution in [0.3, 0.4) is 0 Å². The van der Waals surface area contributed by atoms with E-state index < -0.39 is 6.09 Å². The second kappa shape index (κ2) is 10.1. The van der Waals surface area contributed by atoms with Crippen LogP contribution in [-0.2, 0) is 9.47 Å². The second-order valence-electron chi connectivity index (χ2n) is 6.77. The van der Waals surface area contributed by atoms with Crippen LogP contribution in [0.1, 0.15) is 44.9 Å². The van der Waals surface area contributed by atoms with Crippen molar-refractivity contribution in [3.05, 3.63) is 0 Å². The number of methoxy groups -OCH3 is 1. The fourth-order valence-electron chi connectivity index (χ4n) is 3.68. The van der Waals surface area contributed by atoms with Crippen LogP contribution in [0.2, 0.25) is 0 Å². The number of aliphatic hydroxyl groups is 1. The average molecular weight is 328 g/mol. The Morgan fingerprint density at radius 2 is 1.91 bits per heavy atom. The normalized spacial score (nSPS) is 27.4. The van der Waals surface area contributed by atoms with Gasteiger partial charge in [-0.1, -0.05) is 25.7 Å². The van der Waals surface area contributed by atoms with E-state index in [1.54, 1.807) is 7.11 Å². The molecule has 2 fully saturated rings. The summed E-state index contributed by atoms with van der Waals surface area (Å²) in [7, 11) is 1.57. The Kier molecular flexibility index (Phi) is 8.12. The number of hydrogen-bond donors (Lipinski definition) is 2. The van der Waals surface area contributed by atoms with Gasteiger partial charge in [0.05, 0.1) is 12.7 Å². The zero-order chi connectivity index (χ0) is 16.5. The summed E-state index contributed by atoms with van der Waals surface area (Å²) in [5, 5.41) is 13.2. The molecule has 1 amide bonds. The van der Waals surface area contributed by atoms with E-state index >= 15 is 0 Å². The summed E-state index contributed by atoms with van der Waals surface area (Å²) in [6, 6.07) is 0.639. The first-order valence-electron chi connectivity index (χ1n) is 9.02. The number of amides is 1. The van der Waals surface area contributed by atoms with Crippen molar-refractivity contribution >= 4 is 6.09 Å². The van der Waals surface area contributed by atoms with Gasteiger partial charge >= 0.3 is 6.09 Å². The topological polar surface area (TPSA) is 71.0 Å². The number of nitrogens with one attached hydrogen (secondary N) is 1. The highest BCUT2D eigenvalue weighted by atomic mass is 16.6. The number of aliphatic hydroxyl groups excluding tert-OH is 1. The van der Waals surface area contributed by atoms with Gasteiger partial charge in [0.15, 0.2) is 0 Å². The summed E-state index contributed by atoms with van der Waals surface area (Å²) >= 11 is 0. The van der Waals surface area contributed by atoms with E-state index in [1.165, 1.54) is 38.5 Å². The van der Waals surface area contributed by atoms with Crippen molar-refractivity contribution in [3.63, 3.8) is 0 Å². The molecule has 0 spiro atoms. The summed E-state index contributed by atoms with van der Waals surface area (Å²) in [5.74, 6) is 0.118. The smallest absolute Gasteiger partial charge is 0.407 e. The molecule has 1 aliphatic heterocycles. The molecule has 1 heterocycles. The monoisotopic (exact) mass is 328 g/mol. The lowest BCUT2D eigenvalue weighted by atomic mass is 9.91. The summed E-state index contributed by atoms with van der Waals surface area (Å²) in [6.07, 6.45) is 7.99. The van der Waals surface area contributed by atoms with Gasteiger partial charge in [0.1, 0.15) is 6.61 Å². The van der Waals surface area contributed by atoms with Gasteiger partial charge in [0.25, 0.3) is 0 Å². The fourth-order valence-corrected chi connectivity index (χ4v) is 3.68. The first-order chi connectivity index (χ1) is 11.2. The minimum absolute atomic E-state index is 0.118. The van der Waals surface area contributed by atoms with Crippen LogP contribution in [0.5, 0.6) is 0 Å². The van der Waals surface area contributed by atoms with E-state index in [2.05, 4.69) is 10.2 Å². The van der Waals surface area contributed by atoms with Crippen LogP contribution in [-0.4, -0.2) is 68.2 Å². The zero-order valence-corrected chi connectivity index (χ0v) is 14.3. The van der Waals surface area contributed by atoms with E-state index in [4.69, 9.17) is 9.47 Å². The van der Waals surface area contributed by atoms with Crippen LogP contribution < -0.4 is 5.32 Å². The molecule has 2 atom stereocenters. The van der Waals surface area contributed by atoms with Crippen LogP contribution in [0.4, 0.5) is 4.79 Å². The summed E-state index contributed by atoms with van der Waals surface area (Å²) in [5.41, 5.74) is 0. The molecular weight excluding hydrogens is 296 g/mol. The Balaban J connectivity index is 1.68. The van der Waals surface area contributed by atoms with E-state index in [9.17, 15) is 9.90 Å². The second-order valence-corrected chi connectivity index (χ2v) is 6.77. The average Bonchev–Trinajstić information content (AvgIpc) is 2.83. The molecule has 1 saturated heterocycles. The number of alkyl carbamates (subject to hydrolysis) is 1. The summed E-state index contributed by atoms with van der Waals surface area (Å²) in [6.45, 7) is 2.88. The molecule has 2 aliphatic rings. The quantitative estimate of drug-likeness (QED) is 0.574. The van der Waals surface area contributed by atoms with Crippen LogP contribution in [0, 0.1) is 5.92 Å². The molecule has 1 saturated carbocycles. The van der Waals surface area contributed by atoms with Gasteiger partial charge in [-0.05, 0) is 25.8 Å². The highest BCUT2D eigenvalue weighted by molar-refractivity contribution is 5.67. The van der Waals surface area contributed by atoms with Crippen molar-refractivity contribution in [2.45, 2.75) is 57.1 Å². The van der Waals surface area contributed by atoms with Crippen molar-refractivity contribution in [1.82, 2.24) is 10.2 Å². The molecule has 6 nitrogen and oxygen atoms in total. The van der Waals surface area contributed by atoms with Gasteiger partial charge in [-0.25, -0.2) is 4.79 Å². The van der Waals surface area contributed by atoms with Crippen molar-refractivity contribution < 1.29 is 19.4 Å². The number of hydrogen-bond acceptors (Lipinski definition) is 5. The first-order valence-corrected chi connectivity index (χ1v) is 9.02. The molecule has 0 aromatic heterocycles. The lowest BCUT2D eigenvalue weighted by Crippen LogP contribution is -2.51. The van der Waals surface area contributed by atoms with Gasteiger partial charge in [-0.3, -0.25) is 4.90 Å². The molecule has 2 N–H and O–H groups in total. The molecule has 0 aromatic rings. The number of likely N-dealkylation sites (tertiary alicyclic amines) is 1. The molecule has 23 heavy (non-hydrogen) atoms. The Bertz CT molecular complexity index is 345. The fraction of sp³-hybridized carbons (Fsp3) is 0.941. The molecular formula is C17H32N2O4. The Morgan fingerprint density at radius 3 is 2.57 bits per heavy atom. The predicted octanol–water partition coefficient (Wildman–Crippen LogP) is 1.76. The minimum atomic E-state index is -0.430. The molecule has 2 rings (SSSR count). The Morgan fingerprint density at radius 1 is 1.17 bits per heavy atom. The highest BCUT2D eigenvalue weighted by Gasteiger charge is 2.31. The van der Waals surface area contributed by atoms with Crippen molar-refractivity contribution in [2.24, 2.45) is 5.92 Å². The Labute approximate surface area is 139 Å². The van der Waals surface area contributed by atoms with E-state index in [1.807, 2.05) is 0 Å². The maximum Gasteiger partial charge on any atom is 0.407 e. The third-order valence-electron chi connectivity index (χ3n) is 5.12. The third-order valence-corrected chi connectivity index (χ3v) is 5.12. The van der Waals surface area contributed by atoms with Gasteiger partial charge in [-0.2, -0.15) is 0 Å². The molecule has 6 heteroatoms. The SMILES string of the molecule is COCCOC(=O)NC[C@@H]1CCN(C2CCCCCC2)C[C@H]1O. The maximum absolute atomic E-state index is 11.5. The van der Waals surface area contributed by atoms with E-state index in [0.29, 0.717) is 19.2 Å². The number of rotatable bonds is 6. The van der Waals surface area contributed by atoms with Gasteiger partial charge in [0, 0.05) is 32.2 Å². The van der Waals surface area contributed by atoms with Gasteiger partial charge in [0.2, 0.25) is 0 Å². The number of nitrogens with zero attached hydrogens (tertiary/aromatic N) is 1. The lowest BCUT2D eigenvalue weighted by molar-refractivity contribution is 0.000809. The molecule has 1 aliphatic carbocycles. The maximum atomic E-state index is 11.5. The standard InChI is InChI=1S/C17H32N2O4/c1-22-10-11-23-17(21)18-12-14-8-9-19(13-16(14)20)15-6-4-2-3-5-7-15/h14-16,20H,2-13H2,1H3,(H,18,21)/t14-,16+/m0/s1. The third kappa shape index (κ3) is 6.28. The number of carbonyl (C=O) groups is 1. The van der Waals surface area contributed by atoms with Crippen molar-refractivity contribution in [2.75, 3.05) is 40.0 Å². The molecule has 0 aromatic carbocycles. The minimum Gasteiger partial charge on any atom is -0.447 e. The predicted molar refractivity (Wildman–Crippen MR) is 88.4 cm³/mol. The number of carbonyl (C=O) groups excluding carboxylic acids is 1. The highest BCUT2D eigenvalue weighted by Crippen LogP contribution is 2.26. The molecule has 134 valence electrons. The van der Waals surface area contributed by atoms with Gasteiger partial charge < -0.3 is 19.9 Å². The first kappa shape index (κ1) is 18.5.